The summed E-state index contributed by atoms with van der Waals surface area (Å²) in [5.41, 5.74) is 3.35. The van der Waals surface area contributed by atoms with Gasteiger partial charge in [-0.25, -0.2) is 4.98 Å². The fraction of sp³-hybridized carbons (Fsp3) is 0.444. The van der Waals surface area contributed by atoms with Crippen molar-refractivity contribution in [3.63, 3.8) is 0 Å². The average Bonchev–Trinajstić information content (AvgIpc) is 3.55. The van der Waals surface area contributed by atoms with Gasteiger partial charge in [0.25, 0.3) is 0 Å². The molecule has 0 radical (unpaired) electrons. The van der Waals surface area contributed by atoms with Gasteiger partial charge in [-0.2, -0.15) is 0 Å². The van der Waals surface area contributed by atoms with E-state index in [1.54, 1.807) is 31.1 Å². The average molecular weight is 457 g/mol. The number of fused-ring (bicyclic) bond motifs is 3. The summed E-state index contributed by atoms with van der Waals surface area (Å²) < 4.78 is 95.6. The minimum absolute atomic E-state index is 0.373. The second-order valence-electron chi connectivity index (χ2n) is 8.58. The van der Waals surface area contributed by atoms with Crippen molar-refractivity contribution < 1.29 is 19.5 Å². The van der Waals surface area contributed by atoms with Crippen LogP contribution in [0.5, 0.6) is 0 Å². The fourth-order valence-electron chi connectivity index (χ4n) is 4.77. The van der Waals surface area contributed by atoms with E-state index in [9.17, 15) is 0 Å². The summed E-state index contributed by atoms with van der Waals surface area (Å²) in [6.45, 7) is -0.531. The predicted molar refractivity (Wildman–Crippen MR) is 137 cm³/mol. The van der Waals surface area contributed by atoms with Crippen molar-refractivity contribution in [2.45, 2.75) is 79.5 Å². The van der Waals surface area contributed by atoms with E-state index in [0.717, 1.165) is 10.6 Å². The third kappa shape index (κ3) is 3.26. The number of rotatable bonds is 4. The molecule has 2 aliphatic rings. The van der Waals surface area contributed by atoms with E-state index in [1.165, 1.54) is 24.2 Å². The quantitative estimate of drug-likeness (QED) is 0.459. The van der Waals surface area contributed by atoms with Gasteiger partial charge in [0.05, 0.1) is 8.43 Å². The van der Waals surface area contributed by atoms with E-state index < -0.39 is 44.9 Å². The molecule has 0 bridgehead atoms. The van der Waals surface area contributed by atoms with Crippen LogP contribution < -0.4 is 9.80 Å². The molecule has 3 atom stereocenters. The SMILES string of the molecule is [2H]C([2H])([2H])C([2H])(C)N1C=CN(c2cc3c(oc4nc(C)ccc43)c(N3C=CN(C([2H])(C([2H])([2H])[2H])C([2H])([2H])[2H])[C@@H]3C)c2C)[C@@H]1C. The van der Waals surface area contributed by atoms with Gasteiger partial charge in [0, 0.05) is 76.9 Å². The fourth-order valence-corrected chi connectivity index (χ4v) is 4.77. The van der Waals surface area contributed by atoms with E-state index in [0.29, 0.717) is 39.0 Å². The van der Waals surface area contributed by atoms with Crippen LogP contribution in [0.4, 0.5) is 11.4 Å². The molecule has 0 aliphatic carbocycles. The molecule has 0 amide bonds. The number of anilines is 2. The standard InChI is InChI=1S/C27H35N5O/c1-16(2)29-11-13-31(20(29)7)24-15-23-22-10-9-18(5)28-27(22)33-26(23)25(19(24)6)32-14-12-30(17(3)4)21(32)8/h9-17,20-21H,1-8H3/t20-,21+/m1/s1/i1D3,3D3,4D3,16D,17D/t16?,20-,21+. The van der Waals surface area contributed by atoms with Gasteiger partial charge >= 0.3 is 0 Å². The maximum Gasteiger partial charge on any atom is 0.227 e. The van der Waals surface area contributed by atoms with Crippen molar-refractivity contribution in [3.8, 4) is 0 Å². The van der Waals surface area contributed by atoms with Gasteiger partial charge in [0.1, 0.15) is 12.3 Å². The minimum atomic E-state index is -3.18. The first-order valence-electron chi connectivity index (χ1n) is 16.4. The van der Waals surface area contributed by atoms with Crippen LogP contribution in [0.2, 0.25) is 0 Å². The zero-order valence-corrected chi connectivity index (χ0v) is 19.3. The summed E-state index contributed by atoms with van der Waals surface area (Å²) in [5.74, 6) is 0. The highest BCUT2D eigenvalue weighted by molar-refractivity contribution is 6.11. The molecule has 33 heavy (non-hydrogen) atoms. The van der Waals surface area contributed by atoms with Crippen molar-refractivity contribution in [1.29, 1.82) is 0 Å². The first kappa shape index (κ1) is 12.4. The summed E-state index contributed by atoms with van der Waals surface area (Å²) in [5, 5.41) is 1.38. The molecule has 0 fully saturated rings. The van der Waals surface area contributed by atoms with Crippen molar-refractivity contribution in [1.82, 2.24) is 14.8 Å². The molecule has 1 aromatic carbocycles. The van der Waals surface area contributed by atoms with Gasteiger partial charge in [0.15, 0.2) is 5.58 Å². The number of aromatic nitrogens is 1. The molecule has 3 aromatic rings. The Bertz CT molecular complexity index is 1660. The molecule has 2 aliphatic heterocycles. The Morgan fingerprint density at radius 1 is 0.939 bits per heavy atom. The highest BCUT2D eigenvalue weighted by Crippen LogP contribution is 2.45. The molecule has 6 nitrogen and oxygen atoms in total. The maximum atomic E-state index is 8.77. The number of pyridine rings is 1. The van der Waals surface area contributed by atoms with E-state index in [2.05, 4.69) is 4.98 Å². The monoisotopic (exact) mass is 456 g/mol. The van der Waals surface area contributed by atoms with E-state index in [4.69, 9.17) is 19.5 Å². The Labute approximate surface area is 212 Å². The lowest BCUT2D eigenvalue weighted by molar-refractivity contribution is 0.263. The van der Waals surface area contributed by atoms with Crippen LogP contribution in [0, 0.1) is 13.8 Å². The van der Waals surface area contributed by atoms with Crippen LogP contribution in [0.15, 0.2) is 47.4 Å². The van der Waals surface area contributed by atoms with Gasteiger partial charge < -0.3 is 24.0 Å². The number of furan rings is 1. The topological polar surface area (TPSA) is 39.0 Å². The molecule has 174 valence electrons. The summed E-state index contributed by atoms with van der Waals surface area (Å²) in [6, 6.07) is 0.768. The molecule has 1 unspecified atom stereocenters. The Kier molecular flexibility index (Phi) is 2.89. The second kappa shape index (κ2) is 7.72. The molecule has 0 saturated carbocycles. The maximum absolute atomic E-state index is 8.77. The van der Waals surface area contributed by atoms with E-state index in [-0.39, 0.29) is 0 Å². The summed E-state index contributed by atoms with van der Waals surface area (Å²) in [4.78, 5) is 10.6. The lowest BCUT2D eigenvalue weighted by atomic mass is 10.0. The molecule has 2 aromatic heterocycles. The summed E-state index contributed by atoms with van der Waals surface area (Å²) in [6.07, 6.45) is 4.63. The number of nitrogens with zero attached hydrogens (tertiary/aromatic N) is 5. The molecule has 5 rings (SSSR count). The zero-order chi connectivity index (χ0) is 32.9. The normalized spacial score (nSPS) is 28.9. The smallest absolute Gasteiger partial charge is 0.227 e. The van der Waals surface area contributed by atoms with Crippen LogP contribution in [0.25, 0.3) is 22.1 Å². The van der Waals surface area contributed by atoms with Crippen LogP contribution >= 0.6 is 0 Å². The van der Waals surface area contributed by atoms with Gasteiger partial charge in [-0.1, -0.05) is 0 Å². The van der Waals surface area contributed by atoms with Crippen molar-refractivity contribution in [2.75, 3.05) is 9.80 Å². The van der Waals surface area contributed by atoms with Crippen LogP contribution in [-0.2, 0) is 0 Å². The number of hydrogen-bond donors (Lipinski definition) is 0. The second-order valence-corrected chi connectivity index (χ2v) is 8.58. The minimum Gasteiger partial charge on any atom is -0.435 e. The number of aryl methyl sites for hydroxylation is 1. The Balaban J connectivity index is 1.70. The van der Waals surface area contributed by atoms with Crippen LogP contribution in [-0.4, -0.2) is 39.2 Å². The van der Waals surface area contributed by atoms with Crippen molar-refractivity contribution in [3.05, 3.63) is 54.3 Å². The Hall–Kier alpha value is -3.15. The summed E-state index contributed by atoms with van der Waals surface area (Å²) >= 11 is 0. The molecule has 6 heteroatoms. The van der Waals surface area contributed by atoms with Gasteiger partial charge in [-0.05, 0) is 73.4 Å². The van der Waals surface area contributed by atoms with Gasteiger partial charge in [-0.15, -0.1) is 0 Å². The first-order chi connectivity index (χ1) is 20.0. The van der Waals surface area contributed by atoms with Gasteiger partial charge in [0.2, 0.25) is 5.71 Å². The Morgan fingerprint density at radius 3 is 2.33 bits per heavy atom. The molecule has 4 heterocycles. The predicted octanol–water partition coefficient (Wildman–Crippen LogP) is 6.29. The number of benzene rings is 1. The molecular formula is C27H35N5O. The van der Waals surface area contributed by atoms with E-state index >= 15 is 0 Å². The molecule has 0 N–H and O–H groups in total. The molecule has 0 spiro atoms. The third-order valence-corrected chi connectivity index (χ3v) is 6.54. The number of hydrogen-bond acceptors (Lipinski definition) is 6. The highest BCUT2D eigenvalue weighted by Gasteiger charge is 2.33. The van der Waals surface area contributed by atoms with E-state index in [1.807, 2.05) is 36.9 Å². The van der Waals surface area contributed by atoms with Crippen molar-refractivity contribution in [2.24, 2.45) is 0 Å². The lowest BCUT2D eigenvalue weighted by Gasteiger charge is -2.36. The van der Waals surface area contributed by atoms with Crippen LogP contribution in [0.3, 0.4) is 0 Å². The Morgan fingerprint density at radius 2 is 1.61 bits per heavy atom. The third-order valence-electron chi connectivity index (χ3n) is 6.54. The van der Waals surface area contributed by atoms with Gasteiger partial charge in [-0.3, -0.25) is 0 Å². The summed E-state index contributed by atoms with van der Waals surface area (Å²) in [7, 11) is 0. The molecular weight excluding hydrogens is 410 g/mol. The van der Waals surface area contributed by atoms with Crippen molar-refractivity contribution >= 4 is 33.4 Å². The molecule has 0 saturated heterocycles. The lowest BCUT2D eigenvalue weighted by Crippen LogP contribution is -2.41. The van der Waals surface area contributed by atoms with Crippen LogP contribution in [0.1, 0.15) is 67.7 Å². The largest absolute Gasteiger partial charge is 0.435 e. The zero-order valence-electron chi connectivity index (χ0n) is 30.3. The highest BCUT2D eigenvalue weighted by atomic mass is 16.3. The first-order valence-corrected chi connectivity index (χ1v) is 10.9.